The molecular formula is C18H34N2O6. The average Bonchev–Trinajstić information content (AvgIpc) is 2.64. The molecule has 0 unspecified atom stereocenters. The first-order valence-corrected chi connectivity index (χ1v) is 9.55. The Morgan fingerprint density at radius 1 is 0.731 bits per heavy atom. The SMILES string of the molecule is CCCCCCCCCCCCC(CCC(=O)O)(C(=O)NO)C(=O)NO. The number of hydrogen-bond acceptors (Lipinski definition) is 5. The fourth-order valence-electron chi connectivity index (χ4n) is 3.13. The van der Waals surface area contributed by atoms with Crippen LogP contribution < -0.4 is 11.0 Å². The second-order valence-electron chi connectivity index (χ2n) is 6.79. The number of carbonyl (C=O) groups excluding carboxylic acids is 2. The number of carbonyl (C=O) groups is 3. The molecule has 8 nitrogen and oxygen atoms in total. The van der Waals surface area contributed by atoms with Crippen LogP contribution in [-0.2, 0) is 14.4 Å². The van der Waals surface area contributed by atoms with E-state index in [1.54, 1.807) is 0 Å². The third-order valence-electron chi connectivity index (χ3n) is 4.80. The number of hydroxylamine groups is 2. The number of carboxylic acid groups (broad SMARTS) is 1. The molecule has 0 rings (SSSR count). The van der Waals surface area contributed by atoms with Crippen molar-refractivity contribution in [3.05, 3.63) is 0 Å². The van der Waals surface area contributed by atoms with Crippen LogP contribution in [0.4, 0.5) is 0 Å². The van der Waals surface area contributed by atoms with Crippen molar-refractivity contribution in [3.63, 3.8) is 0 Å². The fourth-order valence-corrected chi connectivity index (χ4v) is 3.13. The zero-order valence-corrected chi connectivity index (χ0v) is 15.8. The molecule has 0 aliphatic heterocycles. The van der Waals surface area contributed by atoms with Crippen molar-refractivity contribution >= 4 is 17.8 Å². The van der Waals surface area contributed by atoms with Crippen LogP contribution in [0.3, 0.4) is 0 Å². The average molecular weight is 374 g/mol. The summed E-state index contributed by atoms with van der Waals surface area (Å²) in [5, 5.41) is 26.7. The van der Waals surface area contributed by atoms with Crippen LogP contribution >= 0.6 is 0 Å². The van der Waals surface area contributed by atoms with E-state index in [4.69, 9.17) is 15.5 Å². The van der Waals surface area contributed by atoms with Crippen molar-refractivity contribution in [2.75, 3.05) is 0 Å². The first-order chi connectivity index (χ1) is 12.4. The van der Waals surface area contributed by atoms with Gasteiger partial charge in [-0.05, 0) is 12.8 Å². The second kappa shape index (κ2) is 14.5. The van der Waals surface area contributed by atoms with E-state index in [1.807, 2.05) is 0 Å². The lowest BCUT2D eigenvalue weighted by molar-refractivity contribution is -0.156. The molecule has 152 valence electrons. The summed E-state index contributed by atoms with van der Waals surface area (Å²) in [6.07, 6.45) is 10.1. The Labute approximate surface area is 155 Å². The summed E-state index contributed by atoms with van der Waals surface area (Å²) in [6.45, 7) is 2.19. The molecule has 0 aromatic heterocycles. The summed E-state index contributed by atoms with van der Waals surface area (Å²) in [6, 6.07) is 0. The predicted octanol–water partition coefficient (Wildman–Crippen LogP) is 3.16. The van der Waals surface area contributed by atoms with Crippen molar-refractivity contribution in [1.82, 2.24) is 11.0 Å². The van der Waals surface area contributed by atoms with E-state index in [1.165, 1.54) is 43.1 Å². The summed E-state index contributed by atoms with van der Waals surface area (Å²) >= 11 is 0. The van der Waals surface area contributed by atoms with E-state index in [9.17, 15) is 14.4 Å². The van der Waals surface area contributed by atoms with Gasteiger partial charge in [0.1, 0.15) is 5.41 Å². The van der Waals surface area contributed by atoms with E-state index < -0.39 is 29.6 Å². The molecule has 2 amide bonds. The number of nitrogens with one attached hydrogen (secondary N) is 2. The van der Waals surface area contributed by atoms with Crippen molar-refractivity contribution in [2.45, 2.75) is 90.4 Å². The van der Waals surface area contributed by atoms with E-state index in [-0.39, 0.29) is 12.8 Å². The lowest BCUT2D eigenvalue weighted by Gasteiger charge is -2.28. The molecular weight excluding hydrogens is 340 g/mol. The zero-order chi connectivity index (χ0) is 19.8. The molecule has 0 fully saturated rings. The molecule has 26 heavy (non-hydrogen) atoms. The molecule has 0 bridgehead atoms. The largest absolute Gasteiger partial charge is 0.481 e. The molecule has 0 aliphatic carbocycles. The highest BCUT2D eigenvalue weighted by Gasteiger charge is 2.45. The van der Waals surface area contributed by atoms with Crippen LogP contribution in [0.5, 0.6) is 0 Å². The molecule has 0 heterocycles. The summed E-state index contributed by atoms with van der Waals surface area (Å²) < 4.78 is 0. The smallest absolute Gasteiger partial charge is 0.303 e. The second-order valence-corrected chi connectivity index (χ2v) is 6.79. The summed E-state index contributed by atoms with van der Waals surface area (Å²) in [5.41, 5.74) is 1.06. The normalized spacial score (nSPS) is 11.2. The molecule has 8 heteroatoms. The molecule has 0 saturated heterocycles. The van der Waals surface area contributed by atoms with Gasteiger partial charge in [-0.3, -0.25) is 24.8 Å². The fraction of sp³-hybridized carbons (Fsp3) is 0.833. The molecule has 0 aliphatic rings. The number of rotatable bonds is 16. The van der Waals surface area contributed by atoms with E-state index in [0.717, 1.165) is 25.7 Å². The van der Waals surface area contributed by atoms with Crippen LogP contribution in [0.2, 0.25) is 0 Å². The van der Waals surface area contributed by atoms with Crippen LogP contribution in [0.15, 0.2) is 0 Å². The first-order valence-electron chi connectivity index (χ1n) is 9.55. The Bertz CT molecular complexity index is 412. The van der Waals surface area contributed by atoms with Crippen molar-refractivity contribution in [1.29, 1.82) is 0 Å². The summed E-state index contributed by atoms with van der Waals surface area (Å²) in [7, 11) is 0. The predicted molar refractivity (Wildman–Crippen MR) is 95.6 cm³/mol. The molecule has 0 saturated carbocycles. The van der Waals surface area contributed by atoms with Gasteiger partial charge in [-0.15, -0.1) is 0 Å². The monoisotopic (exact) mass is 374 g/mol. The Balaban J connectivity index is 4.39. The number of aliphatic carboxylic acids is 1. The minimum Gasteiger partial charge on any atom is -0.481 e. The topological polar surface area (TPSA) is 136 Å². The third kappa shape index (κ3) is 9.15. The van der Waals surface area contributed by atoms with Gasteiger partial charge in [0, 0.05) is 6.42 Å². The Morgan fingerprint density at radius 2 is 1.15 bits per heavy atom. The van der Waals surface area contributed by atoms with Gasteiger partial charge >= 0.3 is 5.97 Å². The molecule has 0 spiro atoms. The molecule has 0 atom stereocenters. The number of carboxylic acids is 1. The van der Waals surface area contributed by atoms with E-state index in [2.05, 4.69) is 6.92 Å². The highest BCUT2D eigenvalue weighted by molar-refractivity contribution is 6.04. The van der Waals surface area contributed by atoms with Gasteiger partial charge < -0.3 is 5.11 Å². The minimum absolute atomic E-state index is 0.0650. The third-order valence-corrected chi connectivity index (χ3v) is 4.80. The van der Waals surface area contributed by atoms with Gasteiger partial charge in [0.2, 0.25) is 0 Å². The maximum Gasteiger partial charge on any atom is 0.303 e. The number of hydrogen-bond donors (Lipinski definition) is 5. The lowest BCUT2D eigenvalue weighted by Crippen LogP contribution is -2.50. The van der Waals surface area contributed by atoms with Crippen molar-refractivity contribution in [3.8, 4) is 0 Å². The molecule has 0 aromatic rings. The first kappa shape index (κ1) is 24.3. The maximum atomic E-state index is 12.0. The number of amides is 2. The Kier molecular flexibility index (Phi) is 13.6. The van der Waals surface area contributed by atoms with Crippen LogP contribution in [-0.4, -0.2) is 33.3 Å². The molecule has 5 N–H and O–H groups in total. The van der Waals surface area contributed by atoms with Crippen molar-refractivity contribution < 1.29 is 29.9 Å². The van der Waals surface area contributed by atoms with Gasteiger partial charge in [-0.1, -0.05) is 71.1 Å². The minimum atomic E-state index is -1.79. The summed E-state index contributed by atoms with van der Waals surface area (Å²) in [5.74, 6) is -3.16. The standard InChI is InChI=1S/C18H34N2O6/c1-2-3-4-5-6-7-8-9-10-11-13-18(16(23)19-25,17(24)20-26)14-12-15(21)22/h25-26H,2-14H2,1H3,(H,19,23)(H,20,24)(H,21,22). The van der Waals surface area contributed by atoms with E-state index in [0.29, 0.717) is 6.42 Å². The zero-order valence-electron chi connectivity index (χ0n) is 15.8. The highest BCUT2D eigenvalue weighted by atomic mass is 16.5. The van der Waals surface area contributed by atoms with Gasteiger partial charge in [0.25, 0.3) is 11.8 Å². The summed E-state index contributed by atoms with van der Waals surface area (Å²) in [4.78, 5) is 34.8. The van der Waals surface area contributed by atoms with Gasteiger partial charge in [-0.25, -0.2) is 11.0 Å². The van der Waals surface area contributed by atoms with Crippen molar-refractivity contribution in [2.24, 2.45) is 5.41 Å². The van der Waals surface area contributed by atoms with Gasteiger partial charge in [-0.2, -0.15) is 0 Å². The molecule has 0 radical (unpaired) electrons. The van der Waals surface area contributed by atoms with Gasteiger partial charge in [0.15, 0.2) is 0 Å². The van der Waals surface area contributed by atoms with Crippen LogP contribution in [0.25, 0.3) is 0 Å². The maximum absolute atomic E-state index is 12.0. The van der Waals surface area contributed by atoms with Crippen LogP contribution in [0.1, 0.15) is 90.4 Å². The van der Waals surface area contributed by atoms with E-state index >= 15 is 0 Å². The quantitative estimate of drug-likeness (QED) is 0.122. The Morgan fingerprint density at radius 3 is 1.54 bits per heavy atom. The van der Waals surface area contributed by atoms with Gasteiger partial charge in [0.05, 0.1) is 0 Å². The molecule has 0 aromatic carbocycles. The van der Waals surface area contributed by atoms with Crippen LogP contribution in [0, 0.1) is 5.41 Å². The number of unbranched alkanes of at least 4 members (excludes halogenated alkanes) is 9. The Hall–Kier alpha value is -1.67. The lowest BCUT2D eigenvalue weighted by atomic mass is 9.76. The highest BCUT2D eigenvalue weighted by Crippen LogP contribution is 2.32.